The van der Waals surface area contributed by atoms with E-state index in [4.69, 9.17) is 24.9 Å². The van der Waals surface area contributed by atoms with Crippen LogP contribution >= 0.6 is 0 Å². The third-order valence-electron chi connectivity index (χ3n) is 6.05. The van der Waals surface area contributed by atoms with E-state index < -0.39 is 0 Å². The number of amides is 1. The summed E-state index contributed by atoms with van der Waals surface area (Å²) in [5.41, 5.74) is 11.4. The van der Waals surface area contributed by atoms with E-state index in [0.717, 1.165) is 22.1 Å². The first-order chi connectivity index (χ1) is 16.5. The molecule has 0 saturated carbocycles. The number of aromatic nitrogens is 2. The average Bonchev–Trinajstić information content (AvgIpc) is 3.18. The van der Waals surface area contributed by atoms with Crippen LogP contribution in [0.4, 0.5) is 5.69 Å². The van der Waals surface area contributed by atoms with Crippen molar-refractivity contribution in [3.8, 4) is 28.5 Å². The first kappa shape index (κ1) is 21.5. The molecule has 8 nitrogen and oxygen atoms in total. The van der Waals surface area contributed by atoms with Crippen LogP contribution in [-0.2, 0) is 13.1 Å². The molecule has 2 N–H and O–H groups in total. The molecule has 0 unspecified atom stereocenters. The lowest BCUT2D eigenvalue weighted by atomic mass is 10.00. The molecule has 0 bridgehead atoms. The first-order valence-electron chi connectivity index (χ1n) is 10.8. The Balaban J connectivity index is 1.55. The highest BCUT2D eigenvalue weighted by Crippen LogP contribution is 2.39. The summed E-state index contributed by atoms with van der Waals surface area (Å²) in [6, 6.07) is 15.1. The normalized spacial score (nSPS) is 12.7. The van der Waals surface area contributed by atoms with Crippen LogP contribution in [0.1, 0.15) is 21.6 Å². The molecule has 5 rings (SSSR count). The number of hydrogen-bond acceptors (Lipinski definition) is 7. The number of methoxy groups -OCH3 is 3. The molecular weight excluding hydrogens is 432 g/mol. The lowest BCUT2D eigenvalue weighted by Gasteiger charge is -2.17. The first-order valence-corrected chi connectivity index (χ1v) is 10.8. The van der Waals surface area contributed by atoms with Gasteiger partial charge in [0.05, 0.1) is 50.3 Å². The fourth-order valence-electron chi connectivity index (χ4n) is 4.43. The zero-order valence-electron chi connectivity index (χ0n) is 19.2. The summed E-state index contributed by atoms with van der Waals surface area (Å²) in [5.74, 6) is 1.61. The van der Waals surface area contributed by atoms with Gasteiger partial charge in [0, 0.05) is 29.3 Å². The quantitative estimate of drug-likeness (QED) is 0.467. The van der Waals surface area contributed by atoms with Crippen molar-refractivity contribution in [2.75, 3.05) is 27.1 Å². The average molecular weight is 457 g/mol. The van der Waals surface area contributed by atoms with Crippen LogP contribution in [0.15, 0.2) is 54.7 Å². The molecule has 0 saturated heterocycles. The van der Waals surface area contributed by atoms with Crippen LogP contribution in [0.2, 0.25) is 0 Å². The molecule has 0 fully saturated rings. The van der Waals surface area contributed by atoms with Gasteiger partial charge in [0.1, 0.15) is 0 Å². The second kappa shape index (κ2) is 8.55. The minimum atomic E-state index is -0.138. The molecule has 0 radical (unpaired) electrons. The number of fused-ring (bicyclic) bond motifs is 2. The maximum absolute atomic E-state index is 13.3. The van der Waals surface area contributed by atoms with Gasteiger partial charge >= 0.3 is 0 Å². The number of rotatable bonds is 6. The zero-order chi connectivity index (χ0) is 23.8. The van der Waals surface area contributed by atoms with Gasteiger partial charge in [-0.1, -0.05) is 24.3 Å². The summed E-state index contributed by atoms with van der Waals surface area (Å²) in [5, 5.41) is 0.725. The van der Waals surface area contributed by atoms with Crippen LogP contribution in [0.25, 0.3) is 22.0 Å². The summed E-state index contributed by atoms with van der Waals surface area (Å²) in [6.45, 7) is 0.760. The van der Waals surface area contributed by atoms with E-state index in [1.165, 1.54) is 0 Å². The summed E-state index contributed by atoms with van der Waals surface area (Å²) in [7, 11) is 4.76. The van der Waals surface area contributed by atoms with Gasteiger partial charge < -0.3 is 24.8 Å². The highest BCUT2D eigenvalue weighted by atomic mass is 16.5. The molecule has 0 atom stereocenters. The van der Waals surface area contributed by atoms with Crippen LogP contribution in [0.3, 0.4) is 0 Å². The van der Waals surface area contributed by atoms with Crippen molar-refractivity contribution in [1.29, 1.82) is 0 Å². The molecule has 172 valence electrons. The Hall–Kier alpha value is -4.33. The van der Waals surface area contributed by atoms with Crippen LogP contribution in [-0.4, -0.2) is 42.1 Å². The lowest BCUT2D eigenvalue weighted by molar-refractivity contribution is 0.0767. The lowest BCUT2D eigenvalue weighted by Crippen LogP contribution is -2.23. The SMILES string of the molecule is COc1ccc(CN2Cc3nc4c(-c5cccnc5OC)cccc4c(N)c3C2=O)cc1OC. The number of para-hydroxylation sites is 1. The van der Waals surface area contributed by atoms with E-state index in [9.17, 15) is 4.79 Å². The fraction of sp³-hybridized carbons (Fsp3) is 0.192. The molecule has 2 aromatic heterocycles. The molecule has 1 amide bonds. The number of carbonyl (C=O) groups excluding carboxylic acids is 1. The predicted octanol–water partition coefficient (Wildman–Crippen LogP) is 4.06. The van der Waals surface area contributed by atoms with E-state index in [1.54, 1.807) is 32.4 Å². The Morgan fingerprint density at radius 2 is 1.76 bits per heavy atom. The van der Waals surface area contributed by atoms with Gasteiger partial charge in [0.25, 0.3) is 5.91 Å². The van der Waals surface area contributed by atoms with Crippen molar-refractivity contribution in [3.63, 3.8) is 0 Å². The molecule has 8 heteroatoms. The van der Waals surface area contributed by atoms with E-state index in [0.29, 0.717) is 52.9 Å². The van der Waals surface area contributed by atoms with Crippen molar-refractivity contribution in [2.45, 2.75) is 13.1 Å². The number of benzene rings is 2. The second-order valence-corrected chi connectivity index (χ2v) is 7.96. The minimum absolute atomic E-state index is 0.138. The molecule has 3 heterocycles. The number of ether oxygens (including phenoxy) is 3. The fourth-order valence-corrected chi connectivity index (χ4v) is 4.43. The molecule has 0 spiro atoms. The minimum Gasteiger partial charge on any atom is -0.493 e. The van der Waals surface area contributed by atoms with Crippen molar-refractivity contribution in [2.24, 2.45) is 0 Å². The predicted molar refractivity (Wildman–Crippen MR) is 129 cm³/mol. The third-order valence-corrected chi connectivity index (χ3v) is 6.05. The topological polar surface area (TPSA) is 99.8 Å². The molecule has 1 aliphatic heterocycles. The van der Waals surface area contributed by atoms with Gasteiger partial charge in [-0.25, -0.2) is 9.97 Å². The van der Waals surface area contributed by atoms with E-state index in [-0.39, 0.29) is 5.91 Å². The Morgan fingerprint density at radius 3 is 2.53 bits per heavy atom. The molecular formula is C26H24N4O4. The largest absolute Gasteiger partial charge is 0.493 e. The maximum Gasteiger partial charge on any atom is 0.258 e. The van der Waals surface area contributed by atoms with Gasteiger partial charge in [0.15, 0.2) is 11.5 Å². The number of pyridine rings is 2. The summed E-state index contributed by atoms with van der Waals surface area (Å²) in [6.07, 6.45) is 1.68. The molecule has 1 aliphatic rings. The Kier molecular flexibility index (Phi) is 5.41. The third kappa shape index (κ3) is 3.44. The number of nitrogens with two attached hydrogens (primary N) is 1. The van der Waals surface area contributed by atoms with Crippen LogP contribution in [0.5, 0.6) is 17.4 Å². The Labute approximate surface area is 196 Å². The molecule has 0 aliphatic carbocycles. The summed E-state index contributed by atoms with van der Waals surface area (Å²) < 4.78 is 16.2. The summed E-state index contributed by atoms with van der Waals surface area (Å²) in [4.78, 5) is 24.3. The van der Waals surface area contributed by atoms with Crippen molar-refractivity contribution < 1.29 is 19.0 Å². The standard InChI is InChI=1S/C26H24N4O4/c1-32-20-10-9-15(12-21(20)33-2)13-30-14-19-22(26(30)31)23(27)18-7-4-6-16(24(18)29-19)17-8-5-11-28-25(17)34-3/h4-12H,13-14H2,1-3H3,(H2,27,29). The second-order valence-electron chi connectivity index (χ2n) is 7.96. The van der Waals surface area contributed by atoms with Crippen molar-refractivity contribution in [1.82, 2.24) is 14.9 Å². The van der Waals surface area contributed by atoms with Crippen molar-refractivity contribution in [3.05, 3.63) is 71.5 Å². The maximum atomic E-state index is 13.3. The van der Waals surface area contributed by atoms with Gasteiger partial charge in [-0.15, -0.1) is 0 Å². The van der Waals surface area contributed by atoms with Crippen molar-refractivity contribution >= 4 is 22.5 Å². The van der Waals surface area contributed by atoms with Crippen LogP contribution in [0, 0.1) is 0 Å². The summed E-state index contributed by atoms with van der Waals surface area (Å²) >= 11 is 0. The highest BCUT2D eigenvalue weighted by Gasteiger charge is 2.32. The van der Waals surface area contributed by atoms with Gasteiger partial charge in [0.2, 0.25) is 5.88 Å². The monoisotopic (exact) mass is 456 g/mol. The zero-order valence-corrected chi connectivity index (χ0v) is 19.2. The Morgan fingerprint density at radius 1 is 0.971 bits per heavy atom. The van der Waals surface area contributed by atoms with E-state index in [1.807, 2.05) is 48.5 Å². The molecule has 34 heavy (non-hydrogen) atoms. The van der Waals surface area contributed by atoms with Gasteiger partial charge in [-0.2, -0.15) is 0 Å². The van der Waals surface area contributed by atoms with E-state index in [2.05, 4.69) is 4.98 Å². The highest BCUT2D eigenvalue weighted by molar-refractivity contribution is 6.11. The number of carbonyl (C=O) groups is 1. The number of anilines is 1. The van der Waals surface area contributed by atoms with Gasteiger partial charge in [-0.05, 0) is 29.8 Å². The number of hydrogen-bond donors (Lipinski definition) is 1. The Bertz CT molecular complexity index is 1420. The molecule has 2 aromatic carbocycles. The molecule has 4 aromatic rings. The number of nitrogens with zero attached hydrogens (tertiary/aromatic N) is 3. The number of nitrogen functional groups attached to an aromatic ring is 1. The van der Waals surface area contributed by atoms with Crippen LogP contribution < -0.4 is 19.9 Å². The van der Waals surface area contributed by atoms with Gasteiger partial charge in [-0.3, -0.25) is 4.79 Å². The smallest absolute Gasteiger partial charge is 0.258 e. The van der Waals surface area contributed by atoms with E-state index >= 15 is 0 Å².